The molecule has 0 aliphatic heterocycles. The molecule has 0 heterocycles. The first-order chi connectivity index (χ1) is 62.0. The molecule has 12 bridgehead atoms. The summed E-state index contributed by atoms with van der Waals surface area (Å²) < 4.78 is 0. The molecule has 0 N–H and O–H groups in total. The highest BCUT2D eigenvalue weighted by atomic mass is 14.7. The van der Waals surface area contributed by atoms with Gasteiger partial charge in [0, 0.05) is 199 Å². The molecule has 6 fully saturated rings. The third-order valence-corrected chi connectivity index (χ3v) is 33.0. The maximum Gasteiger partial charge on any atom is 0.0363 e. The summed E-state index contributed by atoms with van der Waals surface area (Å²) in [5, 5.41) is 0. The van der Waals surface area contributed by atoms with Crippen molar-refractivity contribution in [1.29, 1.82) is 0 Å². The average molecular weight is 1600 g/mol. The zero-order chi connectivity index (χ0) is 83.5. The molecule has 588 valence electrons. The molecular formula is C126H84. The first-order valence-corrected chi connectivity index (χ1v) is 45.6. The van der Waals surface area contributed by atoms with Crippen LogP contribution in [0.5, 0.6) is 0 Å². The zero-order valence-electron chi connectivity index (χ0n) is 70.4. The van der Waals surface area contributed by atoms with Crippen molar-refractivity contribution in [3.8, 4) is 142 Å². The van der Waals surface area contributed by atoms with E-state index < -0.39 is 0 Å². The monoisotopic (exact) mass is 1600 g/mol. The van der Waals surface area contributed by atoms with Crippen LogP contribution < -0.4 is 0 Å². The lowest BCUT2D eigenvalue weighted by Gasteiger charge is -2.54. The highest BCUT2D eigenvalue weighted by Gasteiger charge is 2.70. The summed E-state index contributed by atoms with van der Waals surface area (Å²) in [5.41, 5.74) is 23.6. The van der Waals surface area contributed by atoms with Gasteiger partial charge in [0.2, 0.25) is 0 Å². The Morgan fingerprint density at radius 2 is 0.190 bits per heavy atom. The summed E-state index contributed by atoms with van der Waals surface area (Å²) in [6.07, 6.45) is 75.0. The summed E-state index contributed by atoms with van der Waals surface area (Å²) in [5.74, 6) is 88.4. The van der Waals surface area contributed by atoms with E-state index in [0.717, 1.165) is 249 Å². The van der Waals surface area contributed by atoms with Crippen molar-refractivity contribution in [2.75, 3.05) is 0 Å². The smallest absolute Gasteiger partial charge is 0.0363 e. The van der Waals surface area contributed by atoms with Gasteiger partial charge in [-0.3, -0.25) is 0 Å². The van der Waals surface area contributed by atoms with Crippen LogP contribution in [0.1, 0.15) is 182 Å². The molecule has 28 aliphatic carbocycles. The van der Waals surface area contributed by atoms with Crippen molar-refractivity contribution in [3.63, 3.8) is 0 Å². The maximum atomic E-state index is 3.75. The van der Waals surface area contributed by atoms with E-state index in [0.29, 0.717) is 0 Å². The number of rotatable bonds is 0. The van der Waals surface area contributed by atoms with Crippen LogP contribution in [0.4, 0.5) is 0 Å². The van der Waals surface area contributed by atoms with Crippen LogP contribution in [0.3, 0.4) is 0 Å². The molecule has 126 heavy (non-hydrogen) atoms. The molecule has 28 aliphatic rings. The van der Waals surface area contributed by atoms with Crippen molar-refractivity contribution >= 4 is 0 Å². The normalized spacial score (nSPS) is 33.0. The quantitative estimate of drug-likeness (QED) is 0.133. The molecule has 6 aromatic rings. The van der Waals surface area contributed by atoms with Gasteiger partial charge in [0.15, 0.2) is 0 Å². The Labute approximate surface area is 742 Å². The van der Waals surface area contributed by atoms with Gasteiger partial charge in [-0.05, 0) is 223 Å². The SMILES string of the molecule is C1#Cc2ccc(cc2)C#CC2=C(C#Cc3ccc(cc3)C#CC3=C(C#Cc4ccc(cc4)C#CC4=C(C#Cc5ccc(cc5)C#CC5=C(C#Cc6ccc(cc6)C#CC6=C(C#Cc7ccc(cc7)C#CC7=C1C18C=CC=CC71CCC8)C17C=CC=CC61CCC7)C16C=CC=CC51CCC6)C15C=CC=CC41CCC5)C14C=CC=CC31CCC4)C13C=CC=CC21CCC3. The number of benzene rings is 6. The molecule has 0 nitrogen and oxygen atoms in total. The second kappa shape index (κ2) is 27.4. The second-order valence-electron chi connectivity index (χ2n) is 38.1. The molecule has 0 amide bonds. The van der Waals surface area contributed by atoms with Crippen LogP contribution >= 0.6 is 0 Å². The standard InChI is InChI=1S/C126H84/c1-2-68-116-80-13-79-115(116,67-1)103-55-43-91-19-21-93(22-20-91)45-57-105-107(119-71-4-3-69-117(105,119)81-14-83-119)59-47-95-27-29-97(30-28-95)49-61-109-111(123-75-8-7-73-121(109,123)85-16-87-123)63-51-99-35-37-101(38-36-99)53-65-113-114(126-78-12-11-77-125(113,126)89-18-90-126)66-54-102-41-39-100(40-42-102)52-64-112-110(122-74-9-10-76-124(112,122)88-17-86-122)62-50-98-33-31-96(32-34-98)48-60-108-106(118-70-5-6-72-120(108,118)84-15-82-118)58-46-94-25-23-92(24-26-94)44-56-104(103)116/h1-12,19-42,67-78H,13-18,79-90H2. The van der Waals surface area contributed by atoms with Gasteiger partial charge >= 0.3 is 0 Å². The van der Waals surface area contributed by atoms with Crippen molar-refractivity contribution in [2.24, 2.45) is 65.0 Å². The van der Waals surface area contributed by atoms with Crippen LogP contribution in [0.2, 0.25) is 0 Å². The van der Waals surface area contributed by atoms with E-state index in [9.17, 15) is 0 Å². The van der Waals surface area contributed by atoms with E-state index in [-0.39, 0.29) is 65.0 Å². The first-order valence-electron chi connectivity index (χ1n) is 45.6. The molecule has 0 saturated heterocycles. The average Bonchev–Trinajstić information content (AvgIpc) is 1.44. The van der Waals surface area contributed by atoms with Crippen molar-refractivity contribution in [3.05, 3.63) is 425 Å². The molecular weight excluding hydrogens is 1510 g/mol. The highest BCUT2D eigenvalue weighted by Crippen LogP contribution is 2.77. The van der Waals surface area contributed by atoms with Gasteiger partial charge in [-0.2, -0.15) is 0 Å². The number of hydrogen-bond acceptors (Lipinski definition) is 0. The Hall–Kier alpha value is -14.6. The van der Waals surface area contributed by atoms with Gasteiger partial charge in [0.05, 0.1) is 0 Å². The molecule has 34 rings (SSSR count). The molecule has 6 aromatic carbocycles. The fourth-order valence-electron chi connectivity index (χ4n) is 27.0. The summed E-state index contributed by atoms with van der Waals surface area (Å²) in [4.78, 5) is 0. The Bertz CT molecular complexity index is 5940. The Morgan fingerprint density at radius 1 is 0.111 bits per heavy atom. The second-order valence-corrected chi connectivity index (χ2v) is 38.1. The molecule has 0 aromatic heterocycles. The zero-order valence-corrected chi connectivity index (χ0v) is 70.4. The van der Waals surface area contributed by atoms with Crippen LogP contribution in [-0.2, 0) is 0 Å². The van der Waals surface area contributed by atoms with Crippen LogP contribution in [0.15, 0.2) is 358 Å². The van der Waals surface area contributed by atoms with E-state index in [2.05, 4.69) is 434 Å². The molecule has 12 atom stereocenters. The summed E-state index contributed by atoms with van der Waals surface area (Å²) in [6.45, 7) is 0. The van der Waals surface area contributed by atoms with E-state index in [1.807, 2.05) is 0 Å². The van der Waals surface area contributed by atoms with Crippen molar-refractivity contribution < 1.29 is 0 Å². The van der Waals surface area contributed by atoms with Crippen LogP contribution in [0, 0.1) is 207 Å². The fourth-order valence-corrected chi connectivity index (χ4v) is 27.0. The lowest BCUT2D eigenvalue weighted by molar-refractivity contribution is 0.232. The summed E-state index contributed by atoms with van der Waals surface area (Å²) in [7, 11) is 0. The van der Waals surface area contributed by atoms with E-state index >= 15 is 0 Å². The van der Waals surface area contributed by atoms with Crippen molar-refractivity contribution in [1.82, 2.24) is 0 Å². The maximum absolute atomic E-state index is 3.75. The fraction of sp³-hybridized carbons (Fsp3) is 0.238. The van der Waals surface area contributed by atoms with Crippen LogP contribution in [0.25, 0.3) is 0 Å². The first kappa shape index (κ1) is 74.0. The third-order valence-electron chi connectivity index (χ3n) is 33.0. The molecule has 12 unspecified atom stereocenters. The highest BCUT2D eigenvalue weighted by molar-refractivity contribution is 5.77. The van der Waals surface area contributed by atoms with E-state index in [1.54, 1.807) is 0 Å². The van der Waals surface area contributed by atoms with E-state index in [1.165, 1.54) is 0 Å². The van der Waals surface area contributed by atoms with Crippen molar-refractivity contribution in [2.45, 2.75) is 116 Å². The van der Waals surface area contributed by atoms with Gasteiger partial charge in [0.25, 0.3) is 0 Å². The molecule has 0 heteroatoms. The Balaban J connectivity index is 0.560. The van der Waals surface area contributed by atoms with Gasteiger partial charge in [0.1, 0.15) is 0 Å². The predicted octanol–water partition coefficient (Wildman–Crippen LogP) is 24.0. The number of hydrogen-bond donors (Lipinski definition) is 0. The summed E-state index contributed by atoms with van der Waals surface area (Å²) in [6, 6.07) is 51.0. The lowest BCUT2D eigenvalue weighted by Crippen LogP contribution is -2.48. The number of allylic oxidation sites excluding steroid dienone is 36. The van der Waals surface area contributed by atoms with Crippen LogP contribution in [-0.4, -0.2) is 0 Å². The molecule has 6 saturated carbocycles. The minimum atomic E-state index is -0.140. The largest absolute Gasteiger partial charge is 0.0721 e. The Morgan fingerprint density at radius 3 is 0.270 bits per heavy atom. The van der Waals surface area contributed by atoms with Gasteiger partial charge in [-0.25, -0.2) is 0 Å². The van der Waals surface area contributed by atoms with Gasteiger partial charge in [-0.15, -0.1) is 0 Å². The molecule has 0 radical (unpaired) electrons. The predicted molar refractivity (Wildman–Crippen MR) is 505 cm³/mol. The minimum Gasteiger partial charge on any atom is -0.0721 e. The lowest BCUT2D eigenvalue weighted by atomic mass is 9.47. The minimum absolute atomic E-state index is 0.140. The van der Waals surface area contributed by atoms with Gasteiger partial charge < -0.3 is 0 Å². The topological polar surface area (TPSA) is 0 Å². The third kappa shape index (κ3) is 10.1. The summed E-state index contributed by atoms with van der Waals surface area (Å²) >= 11 is 0. The Kier molecular flexibility index (Phi) is 16.1. The molecule has 0 spiro atoms. The van der Waals surface area contributed by atoms with Gasteiger partial charge in [-0.1, -0.05) is 326 Å². The van der Waals surface area contributed by atoms with E-state index in [4.69, 9.17) is 0 Å².